The molecule has 8 heteroatoms. The highest BCUT2D eigenvalue weighted by Gasteiger charge is 2.32. The lowest BCUT2D eigenvalue weighted by atomic mass is 10.0. The third kappa shape index (κ3) is 3.86. The molecule has 2 fully saturated rings. The van der Waals surface area contributed by atoms with E-state index in [2.05, 4.69) is 19.8 Å². The van der Waals surface area contributed by atoms with Crippen molar-refractivity contribution in [3.05, 3.63) is 64.0 Å². The van der Waals surface area contributed by atoms with Crippen LogP contribution in [0.3, 0.4) is 0 Å². The van der Waals surface area contributed by atoms with Gasteiger partial charge in [0, 0.05) is 31.6 Å². The quantitative estimate of drug-likeness (QED) is 0.654. The number of nitrogens with two attached hydrogens (primary N) is 1. The standard InChI is InChI=1S/C24H28N6O2/c1-15-12-18(13-26-21(15)22(25)31)29-10-7-17(8-11-29)30-9-6-16(14-30)23-27-20-5-3-2-4-19(20)24(32)28-23/h2-5,12-13,16-17H,6-11,14H2,1H3,(H2,25,31)(H,27,28,32). The number of H-pyrrole nitrogens is 1. The predicted octanol–water partition coefficient (Wildman–Crippen LogP) is 2.18. The fraction of sp³-hybridized carbons (Fsp3) is 0.417. The first-order valence-corrected chi connectivity index (χ1v) is 11.2. The summed E-state index contributed by atoms with van der Waals surface area (Å²) in [6.45, 7) is 5.74. The maximum Gasteiger partial charge on any atom is 0.267 e. The van der Waals surface area contributed by atoms with E-state index in [1.807, 2.05) is 37.3 Å². The molecule has 0 aliphatic carbocycles. The maximum atomic E-state index is 12.4. The molecule has 5 rings (SSSR count). The predicted molar refractivity (Wildman–Crippen MR) is 124 cm³/mol. The number of aryl methyl sites for hydroxylation is 1. The molecule has 4 heterocycles. The van der Waals surface area contributed by atoms with E-state index < -0.39 is 5.91 Å². The Labute approximate surface area is 186 Å². The van der Waals surface area contributed by atoms with Gasteiger partial charge in [0.1, 0.15) is 11.5 Å². The molecule has 2 aliphatic heterocycles. The lowest BCUT2D eigenvalue weighted by Crippen LogP contribution is -2.44. The summed E-state index contributed by atoms with van der Waals surface area (Å²) in [5.74, 6) is 0.585. The van der Waals surface area contributed by atoms with E-state index in [-0.39, 0.29) is 11.5 Å². The molecular formula is C24H28N6O2. The van der Waals surface area contributed by atoms with Crippen molar-refractivity contribution in [3.63, 3.8) is 0 Å². The van der Waals surface area contributed by atoms with Gasteiger partial charge in [0.25, 0.3) is 11.5 Å². The molecule has 2 saturated heterocycles. The number of para-hydroxylation sites is 1. The molecule has 166 valence electrons. The van der Waals surface area contributed by atoms with E-state index in [1.54, 1.807) is 6.20 Å². The highest BCUT2D eigenvalue weighted by atomic mass is 16.1. The van der Waals surface area contributed by atoms with Crippen molar-refractivity contribution in [1.29, 1.82) is 0 Å². The van der Waals surface area contributed by atoms with Gasteiger partial charge in [-0.1, -0.05) is 12.1 Å². The highest BCUT2D eigenvalue weighted by molar-refractivity contribution is 5.92. The topological polar surface area (TPSA) is 108 Å². The lowest BCUT2D eigenvalue weighted by molar-refractivity contribution is 0.0995. The van der Waals surface area contributed by atoms with Crippen LogP contribution < -0.4 is 16.2 Å². The molecule has 1 aromatic carbocycles. The van der Waals surface area contributed by atoms with Gasteiger partial charge < -0.3 is 15.6 Å². The summed E-state index contributed by atoms with van der Waals surface area (Å²) >= 11 is 0. The number of aromatic nitrogens is 3. The number of likely N-dealkylation sites (tertiary alicyclic amines) is 1. The summed E-state index contributed by atoms with van der Waals surface area (Å²) in [4.78, 5) is 40.8. The number of hydrogen-bond donors (Lipinski definition) is 2. The SMILES string of the molecule is Cc1cc(N2CCC(N3CCC(c4nc5ccccc5c(=O)[nH]4)C3)CC2)cnc1C(N)=O. The van der Waals surface area contributed by atoms with Crippen molar-refractivity contribution in [3.8, 4) is 0 Å². The summed E-state index contributed by atoms with van der Waals surface area (Å²) in [7, 11) is 0. The summed E-state index contributed by atoms with van der Waals surface area (Å²) < 4.78 is 0. The van der Waals surface area contributed by atoms with Crippen molar-refractivity contribution in [1.82, 2.24) is 19.9 Å². The average Bonchev–Trinajstić information content (AvgIpc) is 3.29. The number of carbonyl (C=O) groups is 1. The van der Waals surface area contributed by atoms with Crippen molar-refractivity contribution in [2.45, 2.75) is 38.1 Å². The van der Waals surface area contributed by atoms with Gasteiger partial charge in [0.15, 0.2) is 0 Å². The number of pyridine rings is 1. The van der Waals surface area contributed by atoms with Crippen LogP contribution in [0.1, 0.15) is 47.1 Å². The Morgan fingerprint density at radius 2 is 1.94 bits per heavy atom. The van der Waals surface area contributed by atoms with Gasteiger partial charge >= 0.3 is 0 Å². The van der Waals surface area contributed by atoms with E-state index in [9.17, 15) is 9.59 Å². The number of aromatic amines is 1. The summed E-state index contributed by atoms with van der Waals surface area (Å²) in [6, 6.07) is 10.0. The molecule has 2 aromatic heterocycles. The molecule has 3 aromatic rings. The molecule has 2 aliphatic rings. The second-order valence-corrected chi connectivity index (χ2v) is 8.89. The van der Waals surface area contributed by atoms with Crippen LogP contribution in [0, 0.1) is 6.92 Å². The summed E-state index contributed by atoms with van der Waals surface area (Å²) in [6.07, 6.45) is 4.91. The van der Waals surface area contributed by atoms with Crippen LogP contribution >= 0.6 is 0 Å². The zero-order valence-corrected chi connectivity index (χ0v) is 18.3. The zero-order valence-electron chi connectivity index (χ0n) is 18.3. The number of anilines is 1. The van der Waals surface area contributed by atoms with Crippen LogP contribution in [0.5, 0.6) is 0 Å². The molecule has 1 unspecified atom stereocenters. The summed E-state index contributed by atoms with van der Waals surface area (Å²) in [5.41, 5.74) is 8.29. The molecule has 8 nitrogen and oxygen atoms in total. The minimum absolute atomic E-state index is 0.0522. The van der Waals surface area contributed by atoms with Gasteiger partial charge in [-0.15, -0.1) is 0 Å². The first-order chi connectivity index (χ1) is 15.5. The van der Waals surface area contributed by atoms with Gasteiger partial charge in [-0.3, -0.25) is 14.5 Å². The minimum Gasteiger partial charge on any atom is -0.370 e. The highest BCUT2D eigenvalue weighted by Crippen LogP contribution is 2.30. The number of nitrogens with zero attached hydrogens (tertiary/aromatic N) is 4. The molecule has 1 amide bonds. The minimum atomic E-state index is -0.487. The number of amides is 1. The van der Waals surface area contributed by atoms with Crippen molar-refractivity contribution >= 4 is 22.5 Å². The largest absolute Gasteiger partial charge is 0.370 e. The Kier molecular flexibility index (Phi) is 5.38. The Morgan fingerprint density at radius 3 is 2.69 bits per heavy atom. The maximum absolute atomic E-state index is 12.4. The van der Waals surface area contributed by atoms with Crippen LogP contribution in [0.25, 0.3) is 10.9 Å². The zero-order chi connectivity index (χ0) is 22.2. The van der Waals surface area contributed by atoms with Gasteiger partial charge in [-0.05, 0) is 56.5 Å². The molecule has 1 atom stereocenters. The van der Waals surface area contributed by atoms with Gasteiger partial charge in [-0.2, -0.15) is 0 Å². The molecule has 0 radical (unpaired) electrons. The molecule has 0 bridgehead atoms. The van der Waals surface area contributed by atoms with Gasteiger partial charge in [-0.25, -0.2) is 9.97 Å². The van der Waals surface area contributed by atoms with E-state index >= 15 is 0 Å². The van der Waals surface area contributed by atoms with Crippen LogP contribution in [0.2, 0.25) is 0 Å². The van der Waals surface area contributed by atoms with Gasteiger partial charge in [0.05, 0.1) is 22.8 Å². The van der Waals surface area contributed by atoms with Crippen LogP contribution in [-0.4, -0.2) is 58.0 Å². The Balaban J connectivity index is 1.22. The lowest BCUT2D eigenvalue weighted by Gasteiger charge is -2.38. The fourth-order valence-corrected chi connectivity index (χ4v) is 5.12. The van der Waals surface area contributed by atoms with E-state index in [0.29, 0.717) is 17.1 Å². The summed E-state index contributed by atoms with van der Waals surface area (Å²) in [5, 5.41) is 0.645. The van der Waals surface area contributed by atoms with Crippen molar-refractivity contribution in [2.24, 2.45) is 5.73 Å². The molecule has 32 heavy (non-hydrogen) atoms. The number of rotatable bonds is 4. The fourth-order valence-electron chi connectivity index (χ4n) is 5.12. The molecule has 0 saturated carbocycles. The molecular weight excluding hydrogens is 404 g/mol. The Bertz CT molecular complexity index is 1210. The van der Waals surface area contributed by atoms with Gasteiger partial charge in [0.2, 0.25) is 0 Å². The third-order valence-corrected chi connectivity index (χ3v) is 6.88. The number of carbonyl (C=O) groups excluding carboxylic acids is 1. The van der Waals surface area contributed by atoms with Crippen LogP contribution in [0.15, 0.2) is 41.3 Å². The first-order valence-electron chi connectivity index (χ1n) is 11.2. The molecule has 3 N–H and O–H groups in total. The second-order valence-electron chi connectivity index (χ2n) is 8.89. The molecule has 0 spiro atoms. The first kappa shape index (κ1) is 20.6. The number of primary amides is 1. The van der Waals surface area contributed by atoms with Crippen molar-refractivity contribution in [2.75, 3.05) is 31.1 Å². The Hall–Kier alpha value is -3.26. The smallest absolute Gasteiger partial charge is 0.267 e. The van der Waals surface area contributed by atoms with Crippen LogP contribution in [0.4, 0.5) is 5.69 Å². The average molecular weight is 433 g/mol. The number of fused-ring (bicyclic) bond motifs is 1. The van der Waals surface area contributed by atoms with E-state index in [1.165, 1.54) is 0 Å². The number of benzene rings is 1. The Morgan fingerprint density at radius 1 is 1.16 bits per heavy atom. The number of piperidine rings is 1. The monoisotopic (exact) mass is 432 g/mol. The van der Waals surface area contributed by atoms with Crippen molar-refractivity contribution < 1.29 is 4.79 Å². The second kappa shape index (κ2) is 8.35. The number of nitrogens with one attached hydrogen (secondary N) is 1. The van der Waals surface area contributed by atoms with E-state index in [4.69, 9.17) is 10.7 Å². The number of hydrogen-bond acceptors (Lipinski definition) is 6. The normalized spacial score (nSPS) is 20.2. The third-order valence-electron chi connectivity index (χ3n) is 6.88. The van der Waals surface area contributed by atoms with E-state index in [0.717, 1.165) is 68.0 Å². The van der Waals surface area contributed by atoms with Crippen LogP contribution in [-0.2, 0) is 0 Å².